The van der Waals surface area contributed by atoms with Crippen molar-refractivity contribution < 1.29 is 13.2 Å². The van der Waals surface area contributed by atoms with Crippen LogP contribution in [0.2, 0.25) is 0 Å². The second-order valence-corrected chi connectivity index (χ2v) is 7.68. The fourth-order valence-electron chi connectivity index (χ4n) is 1.24. The molecule has 1 heterocycles. The molecule has 0 bridgehead atoms. The number of hydrogen-bond donors (Lipinski definition) is 0. The van der Waals surface area contributed by atoms with Crippen LogP contribution >= 0.6 is 27.3 Å². The lowest BCUT2D eigenvalue weighted by molar-refractivity contribution is -0.128. The maximum atomic E-state index is 12.3. The molecule has 0 aliphatic carbocycles. The van der Waals surface area contributed by atoms with Gasteiger partial charge in [-0.2, -0.15) is 4.31 Å². The number of halogens is 1. The molecule has 0 radical (unpaired) electrons. The average Bonchev–Trinajstić information content (AvgIpc) is 2.72. The minimum atomic E-state index is -3.61. The summed E-state index contributed by atoms with van der Waals surface area (Å²) in [6.45, 7) is 1.82. The van der Waals surface area contributed by atoms with Gasteiger partial charge in [-0.3, -0.25) is 4.79 Å². The summed E-state index contributed by atoms with van der Waals surface area (Å²) in [5.74, 6) is -0.242. The second-order valence-electron chi connectivity index (χ2n) is 3.78. The molecule has 0 saturated heterocycles. The van der Waals surface area contributed by atoms with Crippen LogP contribution in [0.4, 0.5) is 0 Å². The predicted molar refractivity (Wildman–Crippen MR) is 75.1 cm³/mol. The van der Waals surface area contributed by atoms with Gasteiger partial charge in [0.05, 0.1) is 6.54 Å². The molecule has 8 heteroatoms. The van der Waals surface area contributed by atoms with Crippen LogP contribution in [0.3, 0.4) is 0 Å². The molecular formula is C10H15BrN2O3S2. The highest BCUT2D eigenvalue weighted by Crippen LogP contribution is 2.30. The molecule has 0 spiro atoms. The zero-order chi connectivity index (χ0) is 13.9. The number of sulfonamides is 1. The third kappa shape index (κ3) is 3.31. The first-order valence-corrected chi connectivity index (χ1v) is 8.35. The van der Waals surface area contributed by atoms with Crippen molar-refractivity contribution in [1.82, 2.24) is 9.21 Å². The average molecular weight is 355 g/mol. The quantitative estimate of drug-likeness (QED) is 0.806. The van der Waals surface area contributed by atoms with E-state index in [-0.39, 0.29) is 23.2 Å². The molecule has 0 aliphatic rings. The summed E-state index contributed by atoms with van der Waals surface area (Å²) in [6, 6.07) is 1.68. The molecule has 1 aromatic rings. The summed E-state index contributed by atoms with van der Waals surface area (Å²) in [6.07, 6.45) is 0. The number of nitrogens with zero attached hydrogens (tertiary/aromatic N) is 2. The first-order valence-electron chi connectivity index (χ1n) is 5.24. The van der Waals surface area contributed by atoms with Crippen LogP contribution in [-0.2, 0) is 14.8 Å². The second kappa shape index (κ2) is 6.14. The predicted octanol–water partition coefficient (Wildman–Crippen LogP) is 1.61. The topological polar surface area (TPSA) is 57.7 Å². The van der Waals surface area contributed by atoms with Crippen LogP contribution < -0.4 is 0 Å². The summed E-state index contributed by atoms with van der Waals surface area (Å²) < 4.78 is 26.6. The Hall–Kier alpha value is -0.440. The van der Waals surface area contributed by atoms with Crippen molar-refractivity contribution in [1.29, 1.82) is 0 Å². The summed E-state index contributed by atoms with van der Waals surface area (Å²) >= 11 is 4.34. The molecule has 18 heavy (non-hydrogen) atoms. The summed E-state index contributed by atoms with van der Waals surface area (Å²) in [7, 11) is -0.407. The number of carbonyl (C=O) groups is 1. The molecule has 1 aromatic heterocycles. The van der Waals surface area contributed by atoms with E-state index in [1.807, 2.05) is 0 Å². The van der Waals surface area contributed by atoms with E-state index in [1.165, 1.54) is 9.21 Å². The van der Waals surface area contributed by atoms with Gasteiger partial charge in [0.25, 0.3) is 10.0 Å². The molecule has 102 valence electrons. The Labute approximate surface area is 120 Å². The van der Waals surface area contributed by atoms with Gasteiger partial charge in [-0.1, -0.05) is 6.92 Å². The van der Waals surface area contributed by atoms with E-state index in [4.69, 9.17) is 0 Å². The molecule has 0 N–H and O–H groups in total. The molecule has 0 aromatic carbocycles. The Morgan fingerprint density at radius 2 is 2.06 bits per heavy atom. The highest BCUT2D eigenvalue weighted by atomic mass is 79.9. The molecule has 1 amide bonds. The minimum Gasteiger partial charge on any atom is -0.348 e. The van der Waals surface area contributed by atoms with Gasteiger partial charge in [-0.25, -0.2) is 8.42 Å². The van der Waals surface area contributed by atoms with Crippen LogP contribution in [0.25, 0.3) is 0 Å². The van der Waals surface area contributed by atoms with Crippen molar-refractivity contribution in [2.24, 2.45) is 0 Å². The number of thiophene rings is 1. The van der Waals surface area contributed by atoms with Crippen molar-refractivity contribution in [3.8, 4) is 0 Å². The van der Waals surface area contributed by atoms with Crippen LogP contribution in [0.15, 0.2) is 20.1 Å². The fourth-order valence-corrected chi connectivity index (χ4v) is 5.09. The lowest BCUT2D eigenvalue weighted by Crippen LogP contribution is -2.39. The third-order valence-electron chi connectivity index (χ3n) is 2.32. The first-order chi connectivity index (χ1) is 8.30. The first kappa shape index (κ1) is 15.6. The van der Waals surface area contributed by atoms with Gasteiger partial charge >= 0.3 is 0 Å². The number of likely N-dealkylation sites (N-methyl/N-ethyl adjacent to an activating group) is 2. The lowest BCUT2D eigenvalue weighted by atomic mass is 10.5. The van der Waals surface area contributed by atoms with Gasteiger partial charge in [-0.15, -0.1) is 11.3 Å². The van der Waals surface area contributed by atoms with E-state index in [2.05, 4.69) is 15.9 Å². The maximum absolute atomic E-state index is 12.3. The Kier molecular flexibility index (Phi) is 5.32. The van der Waals surface area contributed by atoms with E-state index < -0.39 is 10.0 Å². The van der Waals surface area contributed by atoms with Gasteiger partial charge in [0.1, 0.15) is 4.21 Å². The van der Waals surface area contributed by atoms with E-state index >= 15 is 0 Å². The fraction of sp³-hybridized carbons (Fsp3) is 0.500. The van der Waals surface area contributed by atoms with Crippen molar-refractivity contribution in [2.75, 3.05) is 27.2 Å². The van der Waals surface area contributed by atoms with E-state index in [9.17, 15) is 13.2 Å². The van der Waals surface area contributed by atoms with E-state index in [1.54, 1.807) is 32.5 Å². The Morgan fingerprint density at radius 3 is 2.44 bits per heavy atom. The molecule has 0 fully saturated rings. The monoisotopic (exact) mass is 354 g/mol. The molecule has 0 saturated carbocycles. The number of carbonyl (C=O) groups excluding carboxylic acids is 1. The van der Waals surface area contributed by atoms with Crippen LogP contribution in [-0.4, -0.2) is 50.7 Å². The standard InChI is InChI=1S/C10H15BrN2O3S2/c1-4-13(7-9(14)12(2)3)18(15,16)10-8(11)5-6-17-10/h5-6H,4,7H2,1-3H3. The third-order valence-corrected chi connectivity index (χ3v) is 6.89. The largest absolute Gasteiger partial charge is 0.348 e. The maximum Gasteiger partial charge on any atom is 0.254 e. The Bertz CT molecular complexity index is 525. The zero-order valence-corrected chi connectivity index (χ0v) is 13.6. The van der Waals surface area contributed by atoms with Gasteiger partial charge in [0, 0.05) is 25.1 Å². The van der Waals surface area contributed by atoms with Crippen LogP contribution in [0, 0.1) is 0 Å². The molecule has 5 nitrogen and oxygen atoms in total. The van der Waals surface area contributed by atoms with E-state index in [0.29, 0.717) is 4.47 Å². The molecule has 1 rings (SSSR count). The highest BCUT2D eigenvalue weighted by Gasteiger charge is 2.28. The highest BCUT2D eigenvalue weighted by molar-refractivity contribution is 9.10. The van der Waals surface area contributed by atoms with Gasteiger partial charge in [0.15, 0.2) is 0 Å². The number of hydrogen-bond acceptors (Lipinski definition) is 4. The normalized spacial score (nSPS) is 11.8. The molecule has 0 aliphatic heterocycles. The van der Waals surface area contributed by atoms with E-state index in [0.717, 1.165) is 11.3 Å². The minimum absolute atomic E-state index is 0.143. The number of rotatable bonds is 5. The Morgan fingerprint density at radius 1 is 1.44 bits per heavy atom. The SMILES string of the molecule is CCN(CC(=O)N(C)C)S(=O)(=O)c1sccc1Br. The van der Waals surface area contributed by atoms with Crippen molar-refractivity contribution >= 4 is 43.2 Å². The smallest absolute Gasteiger partial charge is 0.254 e. The summed E-state index contributed by atoms with van der Waals surface area (Å²) in [5.41, 5.74) is 0. The van der Waals surface area contributed by atoms with Crippen molar-refractivity contribution in [2.45, 2.75) is 11.1 Å². The van der Waals surface area contributed by atoms with Gasteiger partial charge in [-0.05, 0) is 27.4 Å². The summed E-state index contributed by atoms with van der Waals surface area (Å²) in [4.78, 5) is 13.0. The zero-order valence-electron chi connectivity index (χ0n) is 10.4. The molecular weight excluding hydrogens is 340 g/mol. The summed E-state index contributed by atoms with van der Waals surface area (Å²) in [5, 5.41) is 1.69. The molecule has 0 atom stereocenters. The van der Waals surface area contributed by atoms with Crippen LogP contribution in [0.5, 0.6) is 0 Å². The van der Waals surface area contributed by atoms with Crippen molar-refractivity contribution in [3.63, 3.8) is 0 Å². The lowest BCUT2D eigenvalue weighted by Gasteiger charge is -2.21. The Balaban J connectivity index is 3.02. The van der Waals surface area contributed by atoms with Crippen molar-refractivity contribution in [3.05, 3.63) is 15.9 Å². The van der Waals surface area contributed by atoms with Gasteiger partial charge in [0.2, 0.25) is 5.91 Å². The van der Waals surface area contributed by atoms with Gasteiger partial charge < -0.3 is 4.90 Å². The number of amides is 1. The molecule has 0 unspecified atom stereocenters. The van der Waals surface area contributed by atoms with Crippen LogP contribution in [0.1, 0.15) is 6.92 Å².